The van der Waals surface area contributed by atoms with Gasteiger partial charge in [0.25, 0.3) is 5.91 Å². The van der Waals surface area contributed by atoms with E-state index in [0.717, 1.165) is 30.6 Å². The summed E-state index contributed by atoms with van der Waals surface area (Å²) in [4.78, 5) is 16.1. The summed E-state index contributed by atoms with van der Waals surface area (Å²) < 4.78 is 36.7. The number of hydrogen-bond acceptors (Lipinski definition) is 5. The number of thiazole rings is 1. The van der Waals surface area contributed by atoms with Crippen LogP contribution in [0.1, 0.15) is 42.3 Å². The molecule has 1 unspecified atom stereocenters. The number of aromatic nitrogens is 1. The van der Waals surface area contributed by atoms with Crippen molar-refractivity contribution in [1.82, 2.24) is 10.3 Å². The number of carbonyl (C=O) groups excluding carboxylic acids is 1. The average Bonchev–Trinajstić information content (AvgIpc) is 2.62. The van der Waals surface area contributed by atoms with E-state index in [1.165, 1.54) is 6.92 Å². The molecular weight excluding hydrogens is 305 g/mol. The second-order valence-corrected chi connectivity index (χ2v) is 6.20. The first kappa shape index (κ1) is 15.9. The zero-order valence-electron chi connectivity index (χ0n) is 11.5. The predicted molar refractivity (Wildman–Crippen MR) is 75.4 cm³/mol. The Hall–Kier alpha value is -1.51. The molecule has 0 aromatic carbocycles. The van der Waals surface area contributed by atoms with Crippen LogP contribution >= 0.6 is 11.3 Å². The fourth-order valence-electron chi connectivity index (χ4n) is 1.97. The Morgan fingerprint density at radius 2 is 2.19 bits per heavy atom. The summed E-state index contributed by atoms with van der Waals surface area (Å²) in [5.74, 6) is -0.582. The van der Waals surface area contributed by atoms with Crippen LogP contribution in [0.2, 0.25) is 0 Å². The standard InChI is InChI=1S/C12H17F3N4OS/c1-6(5-12(13,14)15)17-10(20)8-9(16)19-11(21-8)18-7-3-2-4-7/h6-7H,2-5,16H2,1H3,(H,17,20)(H,18,19). The summed E-state index contributed by atoms with van der Waals surface area (Å²) in [6, 6.07) is -0.669. The molecule has 0 radical (unpaired) electrons. The molecule has 0 spiro atoms. The first-order chi connectivity index (χ1) is 9.74. The molecule has 5 nitrogen and oxygen atoms in total. The highest BCUT2D eigenvalue weighted by Gasteiger charge is 2.31. The molecule has 1 fully saturated rings. The first-order valence-corrected chi connectivity index (χ1v) is 7.46. The third-order valence-electron chi connectivity index (χ3n) is 3.21. The van der Waals surface area contributed by atoms with Crippen molar-refractivity contribution in [3.05, 3.63) is 4.88 Å². The second kappa shape index (κ2) is 6.08. The van der Waals surface area contributed by atoms with E-state index < -0.39 is 24.5 Å². The normalized spacial score (nSPS) is 17.1. The van der Waals surface area contributed by atoms with Crippen molar-refractivity contribution in [3.8, 4) is 0 Å². The number of carbonyl (C=O) groups is 1. The van der Waals surface area contributed by atoms with Gasteiger partial charge in [-0.15, -0.1) is 0 Å². The highest BCUT2D eigenvalue weighted by Crippen LogP contribution is 2.29. The molecule has 21 heavy (non-hydrogen) atoms. The minimum absolute atomic E-state index is 0.0403. The van der Waals surface area contributed by atoms with E-state index in [-0.39, 0.29) is 10.7 Å². The molecule has 0 saturated heterocycles. The minimum atomic E-state index is -4.32. The number of hydrogen-bond donors (Lipinski definition) is 3. The lowest BCUT2D eigenvalue weighted by Gasteiger charge is -2.25. The molecule has 4 N–H and O–H groups in total. The third-order valence-corrected chi connectivity index (χ3v) is 4.21. The van der Waals surface area contributed by atoms with Crippen LogP contribution in [0.4, 0.5) is 24.1 Å². The van der Waals surface area contributed by atoms with Gasteiger partial charge in [0.1, 0.15) is 10.7 Å². The van der Waals surface area contributed by atoms with Crippen molar-refractivity contribution in [3.63, 3.8) is 0 Å². The summed E-state index contributed by atoms with van der Waals surface area (Å²) in [5, 5.41) is 5.98. The van der Waals surface area contributed by atoms with Gasteiger partial charge in [0.15, 0.2) is 5.13 Å². The van der Waals surface area contributed by atoms with Crippen LogP contribution in [0.25, 0.3) is 0 Å². The number of rotatable bonds is 5. The van der Waals surface area contributed by atoms with E-state index in [9.17, 15) is 18.0 Å². The molecule has 1 aliphatic rings. The van der Waals surface area contributed by atoms with Crippen LogP contribution in [-0.4, -0.2) is 29.2 Å². The summed E-state index contributed by atoms with van der Waals surface area (Å²) in [5.41, 5.74) is 5.66. The fraction of sp³-hybridized carbons (Fsp3) is 0.667. The van der Waals surface area contributed by atoms with Gasteiger partial charge in [-0.2, -0.15) is 13.2 Å². The Kier molecular flexibility index (Phi) is 4.60. The lowest BCUT2D eigenvalue weighted by molar-refractivity contribution is -0.138. The van der Waals surface area contributed by atoms with Crippen LogP contribution in [-0.2, 0) is 0 Å². The lowest BCUT2D eigenvalue weighted by Crippen LogP contribution is -2.35. The molecular formula is C12H17F3N4OS. The summed E-state index contributed by atoms with van der Waals surface area (Å²) >= 11 is 1.06. The molecule has 0 bridgehead atoms. The Morgan fingerprint density at radius 3 is 2.71 bits per heavy atom. The fourth-order valence-corrected chi connectivity index (χ4v) is 2.84. The molecule has 1 amide bonds. The third kappa shape index (κ3) is 4.48. The van der Waals surface area contributed by atoms with Gasteiger partial charge in [0.05, 0.1) is 6.42 Å². The molecule has 1 aromatic rings. The Labute approximate surface area is 124 Å². The van der Waals surface area contributed by atoms with E-state index in [2.05, 4.69) is 15.6 Å². The Bertz CT molecular complexity index is 513. The number of nitrogen functional groups attached to an aromatic ring is 1. The number of anilines is 2. The molecule has 1 atom stereocenters. The molecule has 1 heterocycles. The topological polar surface area (TPSA) is 80.0 Å². The summed E-state index contributed by atoms with van der Waals surface area (Å²) in [6.07, 6.45) is -2.15. The van der Waals surface area contributed by atoms with Crippen LogP contribution in [0.3, 0.4) is 0 Å². The molecule has 118 valence electrons. The van der Waals surface area contributed by atoms with Crippen molar-refractivity contribution >= 4 is 28.2 Å². The van der Waals surface area contributed by atoms with Crippen molar-refractivity contribution in [1.29, 1.82) is 0 Å². The average molecular weight is 322 g/mol. The number of nitrogens with zero attached hydrogens (tertiary/aromatic N) is 1. The van der Waals surface area contributed by atoms with Gasteiger partial charge in [-0.1, -0.05) is 11.3 Å². The molecule has 1 aliphatic carbocycles. The van der Waals surface area contributed by atoms with Crippen molar-refractivity contribution < 1.29 is 18.0 Å². The van der Waals surface area contributed by atoms with E-state index in [0.29, 0.717) is 11.2 Å². The van der Waals surface area contributed by atoms with Crippen LogP contribution in [0.15, 0.2) is 0 Å². The monoisotopic (exact) mass is 322 g/mol. The molecule has 9 heteroatoms. The highest BCUT2D eigenvalue weighted by molar-refractivity contribution is 7.18. The Balaban J connectivity index is 1.95. The van der Waals surface area contributed by atoms with Gasteiger partial charge in [-0.3, -0.25) is 4.79 Å². The van der Waals surface area contributed by atoms with E-state index >= 15 is 0 Å². The maximum atomic E-state index is 12.2. The van der Waals surface area contributed by atoms with Crippen molar-refractivity contribution in [2.45, 2.75) is 50.9 Å². The number of nitrogens with two attached hydrogens (primary N) is 1. The van der Waals surface area contributed by atoms with Crippen LogP contribution in [0.5, 0.6) is 0 Å². The van der Waals surface area contributed by atoms with Crippen LogP contribution < -0.4 is 16.4 Å². The molecule has 2 rings (SSSR count). The SMILES string of the molecule is CC(CC(F)(F)F)NC(=O)c1sc(NC2CCC2)nc1N. The van der Waals surface area contributed by atoms with Gasteiger partial charge < -0.3 is 16.4 Å². The number of halogens is 3. The molecule has 0 aliphatic heterocycles. The second-order valence-electron chi connectivity index (χ2n) is 5.20. The highest BCUT2D eigenvalue weighted by atomic mass is 32.1. The number of alkyl halides is 3. The molecule has 1 aromatic heterocycles. The maximum Gasteiger partial charge on any atom is 0.391 e. The van der Waals surface area contributed by atoms with E-state index in [1.54, 1.807) is 0 Å². The summed E-state index contributed by atoms with van der Waals surface area (Å²) in [7, 11) is 0. The minimum Gasteiger partial charge on any atom is -0.382 e. The predicted octanol–water partition coefficient (Wildman–Crippen LogP) is 2.76. The quantitative estimate of drug-likeness (QED) is 0.779. The Morgan fingerprint density at radius 1 is 1.52 bits per heavy atom. The van der Waals surface area contributed by atoms with Crippen molar-refractivity contribution in [2.24, 2.45) is 0 Å². The molecule has 1 saturated carbocycles. The van der Waals surface area contributed by atoms with Gasteiger partial charge in [0.2, 0.25) is 0 Å². The number of amides is 1. The smallest absolute Gasteiger partial charge is 0.382 e. The van der Waals surface area contributed by atoms with Gasteiger partial charge in [-0.05, 0) is 26.2 Å². The zero-order chi connectivity index (χ0) is 15.6. The van der Waals surface area contributed by atoms with Crippen LogP contribution in [0, 0.1) is 0 Å². The largest absolute Gasteiger partial charge is 0.391 e. The van der Waals surface area contributed by atoms with E-state index in [4.69, 9.17) is 5.73 Å². The van der Waals surface area contributed by atoms with Gasteiger partial charge in [0, 0.05) is 12.1 Å². The zero-order valence-corrected chi connectivity index (χ0v) is 12.3. The lowest BCUT2D eigenvalue weighted by atomic mass is 9.93. The van der Waals surface area contributed by atoms with Gasteiger partial charge in [-0.25, -0.2) is 4.98 Å². The van der Waals surface area contributed by atoms with Crippen molar-refractivity contribution in [2.75, 3.05) is 11.1 Å². The van der Waals surface area contributed by atoms with Gasteiger partial charge >= 0.3 is 6.18 Å². The summed E-state index contributed by atoms with van der Waals surface area (Å²) in [6.45, 7) is 1.30. The van der Waals surface area contributed by atoms with E-state index in [1.807, 2.05) is 0 Å². The maximum absolute atomic E-state index is 12.2. The number of nitrogens with one attached hydrogen (secondary N) is 2. The first-order valence-electron chi connectivity index (χ1n) is 6.65.